The van der Waals surface area contributed by atoms with Gasteiger partial charge < -0.3 is 15.0 Å². The molecule has 0 saturated heterocycles. The molecule has 0 saturated carbocycles. The van der Waals surface area contributed by atoms with Crippen LogP contribution in [-0.2, 0) is 17.8 Å². The number of nitrogens with one attached hydrogen (secondary N) is 1. The number of aromatic nitrogens is 1. The van der Waals surface area contributed by atoms with Gasteiger partial charge in [0.25, 0.3) is 0 Å². The van der Waals surface area contributed by atoms with Gasteiger partial charge in [0.05, 0.1) is 13.7 Å². The number of hydrogen-bond acceptors (Lipinski definition) is 4. The minimum atomic E-state index is 0.0777. The van der Waals surface area contributed by atoms with E-state index in [2.05, 4.69) is 10.3 Å². The predicted octanol–water partition coefficient (Wildman–Crippen LogP) is 1.88. The number of benzene rings is 1. The Morgan fingerprint density at radius 2 is 1.96 bits per heavy atom. The normalized spacial score (nSPS) is 10.3. The van der Waals surface area contributed by atoms with E-state index < -0.39 is 0 Å². The van der Waals surface area contributed by atoms with Crippen LogP contribution in [-0.4, -0.2) is 43.0 Å². The zero-order chi connectivity index (χ0) is 16.5. The molecule has 1 aromatic carbocycles. The second-order valence-corrected chi connectivity index (χ2v) is 5.34. The van der Waals surface area contributed by atoms with Gasteiger partial charge >= 0.3 is 0 Å². The molecule has 0 unspecified atom stereocenters. The van der Waals surface area contributed by atoms with Gasteiger partial charge in [-0.3, -0.25) is 9.78 Å². The first-order chi connectivity index (χ1) is 11.2. The Bertz CT molecular complexity index is 617. The Balaban J connectivity index is 1.73. The molecule has 2 aromatic rings. The molecular formula is C18H23N3O2. The van der Waals surface area contributed by atoms with Crippen molar-refractivity contribution in [2.45, 2.75) is 13.0 Å². The van der Waals surface area contributed by atoms with Crippen LogP contribution in [0.3, 0.4) is 0 Å². The van der Waals surface area contributed by atoms with Crippen molar-refractivity contribution in [2.75, 3.05) is 27.2 Å². The molecule has 1 N–H and O–H groups in total. The van der Waals surface area contributed by atoms with Crippen LogP contribution < -0.4 is 10.1 Å². The number of hydrogen-bond donors (Lipinski definition) is 1. The predicted molar refractivity (Wildman–Crippen MR) is 90.3 cm³/mol. The van der Waals surface area contributed by atoms with Crippen molar-refractivity contribution < 1.29 is 9.53 Å². The van der Waals surface area contributed by atoms with Crippen LogP contribution in [0.5, 0.6) is 5.75 Å². The lowest BCUT2D eigenvalue weighted by Crippen LogP contribution is -2.36. The van der Waals surface area contributed by atoms with E-state index in [4.69, 9.17) is 4.74 Å². The van der Waals surface area contributed by atoms with Crippen molar-refractivity contribution in [2.24, 2.45) is 0 Å². The molecule has 5 heteroatoms. The third-order valence-electron chi connectivity index (χ3n) is 3.70. The second-order valence-electron chi connectivity index (χ2n) is 5.34. The molecule has 1 amide bonds. The number of carbonyl (C=O) groups excluding carboxylic acids is 1. The molecule has 122 valence electrons. The molecule has 23 heavy (non-hydrogen) atoms. The maximum Gasteiger partial charge on any atom is 0.236 e. The number of para-hydroxylation sites is 1. The Morgan fingerprint density at radius 3 is 2.70 bits per heavy atom. The van der Waals surface area contributed by atoms with Crippen molar-refractivity contribution in [3.8, 4) is 5.75 Å². The summed E-state index contributed by atoms with van der Waals surface area (Å²) < 4.78 is 5.30. The molecule has 1 aromatic heterocycles. The summed E-state index contributed by atoms with van der Waals surface area (Å²) >= 11 is 0. The number of amides is 1. The van der Waals surface area contributed by atoms with E-state index in [1.54, 1.807) is 24.4 Å². The molecule has 0 atom stereocenters. The quantitative estimate of drug-likeness (QED) is 0.808. The van der Waals surface area contributed by atoms with Gasteiger partial charge in [-0.25, -0.2) is 0 Å². The van der Waals surface area contributed by atoms with Crippen molar-refractivity contribution >= 4 is 5.91 Å². The van der Waals surface area contributed by atoms with Gasteiger partial charge in [0.1, 0.15) is 5.75 Å². The fraction of sp³-hybridized carbons (Fsp3) is 0.333. The Hall–Kier alpha value is -2.40. The van der Waals surface area contributed by atoms with Gasteiger partial charge in [0.15, 0.2) is 0 Å². The average molecular weight is 313 g/mol. The Labute approximate surface area is 137 Å². The third kappa shape index (κ3) is 5.38. The van der Waals surface area contributed by atoms with Gasteiger partial charge in [-0.1, -0.05) is 18.2 Å². The Morgan fingerprint density at radius 1 is 1.22 bits per heavy atom. The second kappa shape index (κ2) is 8.90. The van der Waals surface area contributed by atoms with E-state index in [0.29, 0.717) is 19.6 Å². The van der Waals surface area contributed by atoms with Crippen LogP contribution in [0, 0.1) is 0 Å². The summed E-state index contributed by atoms with van der Waals surface area (Å²) in [5.41, 5.74) is 2.23. The van der Waals surface area contributed by atoms with Crippen LogP contribution in [0.1, 0.15) is 11.1 Å². The fourth-order valence-corrected chi connectivity index (χ4v) is 2.26. The van der Waals surface area contributed by atoms with Crippen molar-refractivity contribution in [1.29, 1.82) is 0 Å². The fourth-order valence-electron chi connectivity index (χ4n) is 2.26. The van der Waals surface area contributed by atoms with Crippen molar-refractivity contribution in [3.63, 3.8) is 0 Å². The molecule has 1 heterocycles. The van der Waals surface area contributed by atoms with Gasteiger partial charge in [-0.15, -0.1) is 0 Å². The number of ether oxygens (including phenoxy) is 1. The molecular weight excluding hydrogens is 290 g/mol. The van der Waals surface area contributed by atoms with Crippen LogP contribution in [0.2, 0.25) is 0 Å². The smallest absolute Gasteiger partial charge is 0.236 e. The minimum absolute atomic E-state index is 0.0777. The summed E-state index contributed by atoms with van der Waals surface area (Å²) in [7, 11) is 3.48. The first-order valence-corrected chi connectivity index (χ1v) is 7.66. The lowest BCUT2D eigenvalue weighted by atomic mass is 10.2. The number of rotatable bonds is 8. The lowest BCUT2D eigenvalue weighted by Gasteiger charge is -2.18. The molecule has 0 aliphatic carbocycles. The van der Waals surface area contributed by atoms with Crippen LogP contribution in [0.25, 0.3) is 0 Å². The van der Waals surface area contributed by atoms with Crippen LogP contribution >= 0.6 is 0 Å². The molecule has 0 radical (unpaired) electrons. The molecule has 0 fully saturated rings. The van der Waals surface area contributed by atoms with Crippen molar-refractivity contribution in [1.82, 2.24) is 15.2 Å². The highest BCUT2D eigenvalue weighted by Crippen LogP contribution is 2.16. The zero-order valence-electron chi connectivity index (χ0n) is 13.7. The topological polar surface area (TPSA) is 54.5 Å². The Kier molecular flexibility index (Phi) is 6.56. The van der Waals surface area contributed by atoms with E-state index in [1.807, 2.05) is 43.4 Å². The summed E-state index contributed by atoms with van der Waals surface area (Å²) in [4.78, 5) is 17.9. The summed E-state index contributed by atoms with van der Waals surface area (Å²) in [6, 6.07) is 11.7. The molecule has 0 spiro atoms. The highest BCUT2D eigenvalue weighted by Gasteiger charge is 2.09. The first-order valence-electron chi connectivity index (χ1n) is 7.66. The minimum Gasteiger partial charge on any atom is -0.496 e. The van der Waals surface area contributed by atoms with E-state index >= 15 is 0 Å². The zero-order valence-corrected chi connectivity index (χ0v) is 13.7. The number of methoxy groups -OCH3 is 1. The molecule has 5 nitrogen and oxygen atoms in total. The highest BCUT2D eigenvalue weighted by atomic mass is 16.5. The highest BCUT2D eigenvalue weighted by molar-refractivity contribution is 5.77. The van der Waals surface area contributed by atoms with Crippen LogP contribution in [0.15, 0.2) is 48.8 Å². The van der Waals surface area contributed by atoms with Gasteiger partial charge in [0, 0.05) is 38.1 Å². The van der Waals surface area contributed by atoms with Gasteiger partial charge in [0.2, 0.25) is 5.91 Å². The van der Waals surface area contributed by atoms with E-state index in [0.717, 1.165) is 17.7 Å². The van der Waals surface area contributed by atoms with Gasteiger partial charge in [-0.2, -0.15) is 0 Å². The average Bonchev–Trinajstić information content (AvgIpc) is 2.60. The SMILES string of the molecule is COc1ccccc1CNCC(=O)N(C)CCc1ccncc1. The monoisotopic (exact) mass is 313 g/mol. The molecule has 2 rings (SSSR count). The van der Waals surface area contributed by atoms with Gasteiger partial charge in [-0.05, 0) is 30.2 Å². The number of carbonyl (C=O) groups is 1. The first kappa shape index (κ1) is 17.0. The number of likely N-dealkylation sites (N-methyl/N-ethyl adjacent to an activating group) is 1. The maximum absolute atomic E-state index is 12.1. The summed E-state index contributed by atoms with van der Waals surface area (Å²) in [6.07, 6.45) is 4.37. The summed E-state index contributed by atoms with van der Waals surface area (Å²) in [6.45, 7) is 1.61. The largest absolute Gasteiger partial charge is 0.496 e. The molecule has 0 bridgehead atoms. The third-order valence-corrected chi connectivity index (χ3v) is 3.70. The molecule has 0 aliphatic heterocycles. The van der Waals surface area contributed by atoms with E-state index in [-0.39, 0.29) is 5.91 Å². The standard InChI is InChI=1S/C18H23N3O2/c1-21(12-9-15-7-10-19-11-8-15)18(22)14-20-13-16-5-3-4-6-17(16)23-2/h3-8,10-11,20H,9,12-14H2,1-2H3. The lowest BCUT2D eigenvalue weighted by molar-refractivity contribution is -0.128. The number of pyridine rings is 1. The summed E-state index contributed by atoms with van der Waals surface area (Å²) in [5.74, 6) is 0.910. The van der Waals surface area contributed by atoms with Crippen molar-refractivity contribution in [3.05, 3.63) is 59.9 Å². The molecule has 0 aliphatic rings. The van der Waals surface area contributed by atoms with E-state index in [1.165, 1.54) is 5.56 Å². The maximum atomic E-state index is 12.1. The number of nitrogens with zero attached hydrogens (tertiary/aromatic N) is 2. The van der Waals surface area contributed by atoms with Crippen LogP contribution in [0.4, 0.5) is 0 Å². The summed E-state index contributed by atoms with van der Waals surface area (Å²) in [5, 5.41) is 3.17. The van der Waals surface area contributed by atoms with E-state index in [9.17, 15) is 4.79 Å².